The van der Waals surface area contributed by atoms with Crippen molar-refractivity contribution in [1.82, 2.24) is 15.1 Å². The number of aryl methyl sites for hydroxylation is 2. The number of hydrogen-bond acceptors (Lipinski definition) is 5. The summed E-state index contributed by atoms with van der Waals surface area (Å²) in [6.07, 6.45) is 0. The zero-order valence-electron chi connectivity index (χ0n) is 18.0. The Hall–Kier alpha value is -3.54. The van der Waals surface area contributed by atoms with Crippen LogP contribution < -0.4 is 4.74 Å². The zero-order valence-corrected chi connectivity index (χ0v) is 18.0. The molecule has 158 valence electrons. The molecule has 0 bridgehead atoms. The summed E-state index contributed by atoms with van der Waals surface area (Å²) in [7, 11) is 0. The molecule has 0 saturated carbocycles. The maximum atomic E-state index is 14.1. The van der Waals surface area contributed by atoms with Crippen LogP contribution in [0, 0.1) is 19.7 Å². The normalized spacial score (nSPS) is 11.5. The van der Waals surface area contributed by atoms with E-state index in [1.807, 2.05) is 12.1 Å². The van der Waals surface area contributed by atoms with E-state index in [9.17, 15) is 4.39 Å². The van der Waals surface area contributed by atoms with E-state index < -0.39 is 5.82 Å². The summed E-state index contributed by atoms with van der Waals surface area (Å²) in [5.41, 5.74) is 4.19. The molecular weight excluding hydrogens is 393 g/mol. The van der Waals surface area contributed by atoms with Crippen molar-refractivity contribution in [3.8, 4) is 17.3 Å². The Morgan fingerprint density at radius 3 is 2.13 bits per heavy atom. The molecule has 0 atom stereocenters. The molecule has 0 aliphatic carbocycles. The third-order valence-corrected chi connectivity index (χ3v) is 5.38. The fraction of sp³-hybridized carbons (Fsp3) is 0.240. The van der Waals surface area contributed by atoms with Gasteiger partial charge < -0.3 is 9.26 Å². The van der Waals surface area contributed by atoms with E-state index in [1.165, 1.54) is 22.8 Å². The number of aromatic nitrogens is 3. The average molecular weight is 417 g/mol. The highest BCUT2D eigenvalue weighted by Crippen LogP contribution is 2.32. The first-order valence-corrected chi connectivity index (χ1v) is 10.1. The van der Waals surface area contributed by atoms with Crippen molar-refractivity contribution in [2.75, 3.05) is 0 Å². The summed E-state index contributed by atoms with van der Waals surface area (Å²) in [6, 6.07) is 19.5. The fourth-order valence-electron chi connectivity index (χ4n) is 3.38. The Bertz CT molecular complexity index is 1180. The highest BCUT2D eigenvalue weighted by atomic mass is 19.1. The zero-order chi connectivity index (χ0) is 22.0. The van der Waals surface area contributed by atoms with E-state index in [0.29, 0.717) is 17.3 Å². The van der Waals surface area contributed by atoms with Crippen LogP contribution in [0.25, 0.3) is 11.5 Å². The predicted molar refractivity (Wildman–Crippen MR) is 116 cm³/mol. The summed E-state index contributed by atoms with van der Waals surface area (Å²) in [4.78, 5) is 8.33. The van der Waals surface area contributed by atoms with Crippen molar-refractivity contribution in [3.63, 3.8) is 0 Å². The lowest BCUT2D eigenvalue weighted by molar-refractivity contribution is 0.301. The van der Waals surface area contributed by atoms with Crippen molar-refractivity contribution in [2.45, 2.75) is 39.7 Å². The average Bonchev–Trinajstić information content (AvgIpc) is 3.20. The lowest BCUT2D eigenvalue weighted by atomic mass is 9.78. The van der Waals surface area contributed by atoms with E-state index in [0.717, 1.165) is 0 Å². The first-order chi connectivity index (χ1) is 14.8. The SMILES string of the molecule is Cc1ccc(C(C)(C)c2ccc(OCc3ccc(F)c(-c4noc(C)n4)n3)cc2)cc1. The molecule has 2 aromatic carbocycles. The van der Waals surface area contributed by atoms with E-state index in [-0.39, 0.29) is 23.5 Å². The van der Waals surface area contributed by atoms with E-state index in [1.54, 1.807) is 13.0 Å². The molecule has 2 heterocycles. The molecule has 0 aliphatic heterocycles. The van der Waals surface area contributed by atoms with Gasteiger partial charge in [-0.25, -0.2) is 9.37 Å². The molecule has 2 aromatic heterocycles. The van der Waals surface area contributed by atoms with Crippen LogP contribution in [0.2, 0.25) is 0 Å². The summed E-state index contributed by atoms with van der Waals surface area (Å²) in [6.45, 7) is 8.34. The smallest absolute Gasteiger partial charge is 0.224 e. The topological polar surface area (TPSA) is 61.0 Å². The molecule has 4 rings (SSSR count). The van der Waals surface area contributed by atoms with Gasteiger partial charge in [-0.05, 0) is 42.3 Å². The molecule has 0 fully saturated rings. The standard InChI is InChI=1S/C25H24FN3O2/c1-16-5-7-18(8-6-16)25(3,4)19-9-12-21(13-10-19)30-15-20-11-14-22(26)23(28-20)24-27-17(2)31-29-24/h5-14H,15H2,1-4H3. The van der Waals surface area contributed by atoms with Crippen molar-refractivity contribution >= 4 is 0 Å². The van der Waals surface area contributed by atoms with Gasteiger partial charge >= 0.3 is 0 Å². The van der Waals surface area contributed by atoms with Crippen LogP contribution in [-0.4, -0.2) is 15.1 Å². The number of hydrogen-bond donors (Lipinski definition) is 0. The van der Waals surface area contributed by atoms with E-state index in [2.05, 4.69) is 72.3 Å². The third kappa shape index (κ3) is 4.48. The molecule has 0 unspecified atom stereocenters. The van der Waals surface area contributed by atoms with E-state index in [4.69, 9.17) is 9.26 Å². The summed E-state index contributed by atoms with van der Waals surface area (Å²) in [5, 5.41) is 3.74. The second kappa shape index (κ2) is 8.30. The lowest BCUT2D eigenvalue weighted by Gasteiger charge is -2.26. The minimum absolute atomic E-state index is 0.0492. The number of nitrogens with zero attached hydrogens (tertiary/aromatic N) is 3. The van der Waals surface area contributed by atoms with Crippen LogP contribution in [-0.2, 0) is 12.0 Å². The molecule has 0 spiro atoms. The molecule has 0 N–H and O–H groups in total. The molecule has 0 aliphatic rings. The number of pyridine rings is 1. The van der Waals surface area contributed by atoms with Crippen LogP contribution in [0.15, 0.2) is 65.2 Å². The second-order valence-electron chi connectivity index (χ2n) is 8.07. The largest absolute Gasteiger partial charge is 0.487 e. The minimum Gasteiger partial charge on any atom is -0.487 e. The molecule has 0 amide bonds. The molecule has 0 radical (unpaired) electrons. The van der Waals surface area contributed by atoms with Gasteiger partial charge in [0.15, 0.2) is 5.82 Å². The van der Waals surface area contributed by atoms with Crippen molar-refractivity contribution < 1.29 is 13.7 Å². The highest BCUT2D eigenvalue weighted by Gasteiger charge is 2.23. The van der Waals surface area contributed by atoms with Crippen molar-refractivity contribution in [2.24, 2.45) is 0 Å². The van der Waals surface area contributed by atoms with Crippen molar-refractivity contribution in [1.29, 1.82) is 0 Å². The minimum atomic E-state index is -0.507. The number of halogens is 1. The van der Waals surface area contributed by atoms with Gasteiger partial charge in [-0.1, -0.05) is 61.0 Å². The number of rotatable bonds is 6. The van der Waals surface area contributed by atoms with Gasteiger partial charge in [0, 0.05) is 12.3 Å². The predicted octanol–water partition coefficient (Wildman–Crippen LogP) is 5.79. The van der Waals surface area contributed by atoms with E-state index >= 15 is 0 Å². The maximum Gasteiger partial charge on any atom is 0.224 e. The molecule has 31 heavy (non-hydrogen) atoms. The Kier molecular flexibility index (Phi) is 5.55. The van der Waals surface area contributed by atoms with Crippen LogP contribution in [0.4, 0.5) is 4.39 Å². The van der Waals surface area contributed by atoms with Gasteiger partial charge in [0.2, 0.25) is 11.7 Å². The number of benzene rings is 2. The second-order valence-corrected chi connectivity index (χ2v) is 8.07. The summed E-state index contributed by atoms with van der Waals surface area (Å²) >= 11 is 0. The first kappa shape index (κ1) is 20.7. The van der Waals surface area contributed by atoms with Gasteiger partial charge in [-0.15, -0.1) is 0 Å². The van der Waals surface area contributed by atoms with Crippen LogP contribution in [0.5, 0.6) is 5.75 Å². The summed E-state index contributed by atoms with van der Waals surface area (Å²) in [5.74, 6) is 0.685. The molecule has 4 aromatic rings. The lowest BCUT2D eigenvalue weighted by Crippen LogP contribution is -2.18. The Labute approximate surface area is 180 Å². The first-order valence-electron chi connectivity index (χ1n) is 10.1. The summed E-state index contributed by atoms with van der Waals surface area (Å²) < 4.78 is 24.9. The molecule has 0 saturated heterocycles. The van der Waals surface area contributed by atoms with Gasteiger partial charge in [0.05, 0.1) is 5.69 Å². The van der Waals surface area contributed by atoms with Gasteiger partial charge in [0.1, 0.15) is 18.1 Å². The Morgan fingerprint density at radius 2 is 1.52 bits per heavy atom. The van der Waals surface area contributed by atoms with Crippen LogP contribution >= 0.6 is 0 Å². The maximum absolute atomic E-state index is 14.1. The van der Waals surface area contributed by atoms with Crippen molar-refractivity contribution in [3.05, 3.63) is 94.8 Å². The molecule has 6 heteroatoms. The quantitative estimate of drug-likeness (QED) is 0.397. The van der Waals surface area contributed by atoms with Crippen LogP contribution in [0.3, 0.4) is 0 Å². The highest BCUT2D eigenvalue weighted by molar-refractivity contribution is 5.49. The Balaban J connectivity index is 1.47. The fourth-order valence-corrected chi connectivity index (χ4v) is 3.38. The third-order valence-electron chi connectivity index (χ3n) is 5.38. The molecular formula is C25H24FN3O2. The van der Waals surface area contributed by atoms with Gasteiger partial charge in [-0.3, -0.25) is 0 Å². The monoisotopic (exact) mass is 417 g/mol. The molecule has 5 nitrogen and oxygen atoms in total. The van der Waals surface area contributed by atoms with Gasteiger partial charge in [-0.2, -0.15) is 4.98 Å². The van der Waals surface area contributed by atoms with Crippen LogP contribution in [0.1, 0.15) is 42.1 Å². The van der Waals surface area contributed by atoms with Gasteiger partial charge in [0.25, 0.3) is 0 Å². The Morgan fingerprint density at radius 1 is 0.871 bits per heavy atom. The number of ether oxygens (including phenoxy) is 1.